The standard InChI is InChI=1S/C17H29N3/c1-3-10-19-17-9-13-20(14-15(17)4-2)12-8-16-7-5-6-11-18-16/h5-7,11,15,17,19H,3-4,8-10,12-14H2,1-2H3. The normalized spacial score (nSPS) is 23.9. The van der Waals surface area contributed by atoms with E-state index in [-0.39, 0.29) is 0 Å². The van der Waals surface area contributed by atoms with Gasteiger partial charge in [-0.2, -0.15) is 0 Å². The summed E-state index contributed by atoms with van der Waals surface area (Å²) in [6.07, 6.45) is 6.77. The summed E-state index contributed by atoms with van der Waals surface area (Å²) in [5, 5.41) is 3.73. The van der Waals surface area contributed by atoms with Gasteiger partial charge in [0.1, 0.15) is 0 Å². The van der Waals surface area contributed by atoms with Crippen molar-refractivity contribution in [1.29, 1.82) is 0 Å². The monoisotopic (exact) mass is 275 g/mol. The van der Waals surface area contributed by atoms with Crippen LogP contribution in [0, 0.1) is 5.92 Å². The molecule has 0 spiro atoms. The first-order chi connectivity index (χ1) is 9.83. The molecule has 0 amide bonds. The van der Waals surface area contributed by atoms with E-state index in [0.29, 0.717) is 0 Å². The van der Waals surface area contributed by atoms with Crippen LogP contribution < -0.4 is 5.32 Å². The van der Waals surface area contributed by atoms with Gasteiger partial charge in [0.2, 0.25) is 0 Å². The second-order valence-corrected chi connectivity index (χ2v) is 5.89. The number of nitrogens with zero attached hydrogens (tertiary/aromatic N) is 2. The Balaban J connectivity index is 1.78. The summed E-state index contributed by atoms with van der Waals surface area (Å²) in [6, 6.07) is 6.93. The molecule has 0 saturated carbocycles. The van der Waals surface area contributed by atoms with Crippen LogP contribution in [-0.4, -0.2) is 42.1 Å². The topological polar surface area (TPSA) is 28.2 Å². The molecule has 1 aliphatic rings. The third-order valence-corrected chi connectivity index (χ3v) is 4.41. The average Bonchev–Trinajstić information content (AvgIpc) is 2.52. The molecule has 1 saturated heterocycles. The van der Waals surface area contributed by atoms with E-state index in [0.717, 1.165) is 31.5 Å². The van der Waals surface area contributed by atoms with Crippen LogP contribution in [0.3, 0.4) is 0 Å². The number of nitrogens with one attached hydrogen (secondary N) is 1. The maximum atomic E-state index is 4.42. The average molecular weight is 275 g/mol. The van der Waals surface area contributed by atoms with E-state index in [2.05, 4.69) is 41.2 Å². The molecule has 3 heteroatoms. The summed E-state index contributed by atoms with van der Waals surface area (Å²) in [7, 11) is 0. The Hall–Kier alpha value is -0.930. The second-order valence-electron chi connectivity index (χ2n) is 5.89. The molecule has 2 atom stereocenters. The molecule has 2 unspecified atom stereocenters. The SMILES string of the molecule is CCCNC1CCN(CCc2ccccn2)CC1CC. The molecule has 1 aromatic heterocycles. The predicted molar refractivity (Wildman–Crippen MR) is 84.9 cm³/mol. The van der Waals surface area contributed by atoms with Gasteiger partial charge in [0, 0.05) is 37.4 Å². The lowest BCUT2D eigenvalue weighted by Crippen LogP contribution is -2.49. The number of hydrogen-bond donors (Lipinski definition) is 1. The summed E-state index contributed by atoms with van der Waals surface area (Å²) in [4.78, 5) is 7.04. The minimum atomic E-state index is 0.728. The van der Waals surface area contributed by atoms with Crippen molar-refractivity contribution in [2.75, 3.05) is 26.2 Å². The van der Waals surface area contributed by atoms with Gasteiger partial charge in [-0.15, -0.1) is 0 Å². The fourth-order valence-corrected chi connectivity index (χ4v) is 3.14. The molecule has 0 aliphatic carbocycles. The van der Waals surface area contributed by atoms with Crippen LogP contribution in [0.2, 0.25) is 0 Å². The van der Waals surface area contributed by atoms with Crippen molar-refractivity contribution in [1.82, 2.24) is 15.2 Å². The van der Waals surface area contributed by atoms with Crippen molar-refractivity contribution in [2.24, 2.45) is 5.92 Å². The zero-order valence-electron chi connectivity index (χ0n) is 13.0. The zero-order chi connectivity index (χ0) is 14.2. The quantitative estimate of drug-likeness (QED) is 0.829. The first-order valence-electron chi connectivity index (χ1n) is 8.19. The van der Waals surface area contributed by atoms with Crippen molar-refractivity contribution in [3.05, 3.63) is 30.1 Å². The van der Waals surface area contributed by atoms with Crippen molar-refractivity contribution >= 4 is 0 Å². The van der Waals surface area contributed by atoms with Gasteiger partial charge in [-0.1, -0.05) is 26.3 Å². The largest absolute Gasteiger partial charge is 0.314 e. The van der Waals surface area contributed by atoms with E-state index < -0.39 is 0 Å². The minimum absolute atomic E-state index is 0.728. The molecule has 3 nitrogen and oxygen atoms in total. The van der Waals surface area contributed by atoms with Gasteiger partial charge < -0.3 is 10.2 Å². The molecular weight excluding hydrogens is 246 g/mol. The first kappa shape index (κ1) is 15.5. The lowest BCUT2D eigenvalue weighted by Gasteiger charge is -2.38. The summed E-state index contributed by atoms with van der Waals surface area (Å²) < 4.78 is 0. The van der Waals surface area contributed by atoms with Gasteiger partial charge in [-0.25, -0.2) is 0 Å². The molecule has 1 aromatic rings. The van der Waals surface area contributed by atoms with Crippen molar-refractivity contribution in [3.63, 3.8) is 0 Å². The maximum Gasteiger partial charge on any atom is 0.0416 e. The molecule has 1 N–H and O–H groups in total. The van der Waals surface area contributed by atoms with E-state index in [1.807, 2.05) is 12.3 Å². The van der Waals surface area contributed by atoms with Crippen LogP contribution in [-0.2, 0) is 6.42 Å². The van der Waals surface area contributed by atoms with Gasteiger partial charge in [-0.3, -0.25) is 4.98 Å². The van der Waals surface area contributed by atoms with Crippen LogP contribution in [0.5, 0.6) is 0 Å². The second kappa shape index (κ2) is 8.38. The van der Waals surface area contributed by atoms with Gasteiger partial charge in [-0.05, 0) is 44.0 Å². The zero-order valence-corrected chi connectivity index (χ0v) is 13.0. The maximum absolute atomic E-state index is 4.42. The molecular formula is C17H29N3. The highest BCUT2D eigenvalue weighted by Gasteiger charge is 2.27. The number of piperidine rings is 1. The van der Waals surface area contributed by atoms with Crippen LogP contribution in [0.1, 0.15) is 38.8 Å². The van der Waals surface area contributed by atoms with Crippen LogP contribution in [0.15, 0.2) is 24.4 Å². The fourth-order valence-electron chi connectivity index (χ4n) is 3.14. The Morgan fingerprint density at radius 1 is 1.35 bits per heavy atom. The van der Waals surface area contributed by atoms with E-state index in [1.165, 1.54) is 38.0 Å². The molecule has 1 aliphatic heterocycles. The lowest BCUT2D eigenvalue weighted by atomic mass is 9.89. The van der Waals surface area contributed by atoms with Gasteiger partial charge in [0.25, 0.3) is 0 Å². The number of likely N-dealkylation sites (tertiary alicyclic amines) is 1. The molecule has 1 fully saturated rings. The molecule has 112 valence electrons. The molecule has 0 radical (unpaired) electrons. The van der Waals surface area contributed by atoms with E-state index in [9.17, 15) is 0 Å². The van der Waals surface area contributed by atoms with Crippen LogP contribution in [0.4, 0.5) is 0 Å². The van der Waals surface area contributed by atoms with Gasteiger partial charge >= 0.3 is 0 Å². The van der Waals surface area contributed by atoms with Crippen LogP contribution >= 0.6 is 0 Å². The van der Waals surface area contributed by atoms with Gasteiger partial charge in [0.15, 0.2) is 0 Å². The fraction of sp³-hybridized carbons (Fsp3) is 0.706. The Morgan fingerprint density at radius 3 is 2.95 bits per heavy atom. The third-order valence-electron chi connectivity index (χ3n) is 4.41. The summed E-state index contributed by atoms with van der Waals surface area (Å²) in [5.41, 5.74) is 1.21. The highest BCUT2D eigenvalue weighted by molar-refractivity contribution is 5.04. The minimum Gasteiger partial charge on any atom is -0.314 e. The number of hydrogen-bond acceptors (Lipinski definition) is 3. The molecule has 20 heavy (non-hydrogen) atoms. The van der Waals surface area contributed by atoms with Crippen molar-refractivity contribution in [3.8, 4) is 0 Å². The highest BCUT2D eigenvalue weighted by Crippen LogP contribution is 2.20. The lowest BCUT2D eigenvalue weighted by molar-refractivity contribution is 0.136. The summed E-state index contributed by atoms with van der Waals surface area (Å²) in [5.74, 6) is 0.805. The molecule has 0 bridgehead atoms. The van der Waals surface area contributed by atoms with E-state index in [1.54, 1.807) is 0 Å². The van der Waals surface area contributed by atoms with Crippen molar-refractivity contribution in [2.45, 2.75) is 45.6 Å². The van der Waals surface area contributed by atoms with Crippen molar-refractivity contribution < 1.29 is 0 Å². The van der Waals surface area contributed by atoms with Gasteiger partial charge in [0.05, 0.1) is 0 Å². The summed E-state index contributed by atoms with van der Waals surface area (Å²) in [6.45, 7) is 9.35. The molecule has 0 aromatic carbocycles. The Labute approximate surface area is 123 Å². The number of rotatable bonds is 7. The molecule has 2 rings (SSSR count). The van der Waals surface area contributed by atoms with E-state index >= 15 is 0 Å². The molecule has 2 heterocycles. The highest BCUT2D eigenvalue weighted by atomic mass is 15.1. The third kappa shape index (κ3) is 4.57. The first-order valence-corrected chi connectivity index (χ1v) is 8.19. The number of pyridine rings is 1. The Kier molecular flexibility index (Phi) is 6.48. The summed E-state index contributed by atoms with van der Waals surface area (Å²) >= 11 is 0. The van der Waals surface area contributed by atoms with E-state index in [4.69, 9.17) is 0 Å². The Bertz CT molecular complexity index is 366. The number of aromatic nitrogens is 1. The smallest absolute Gasteiger partial charge is 0.0416 e. The van der Waals surface area contributed by atoms with Crippen LogP contribution in [0.25, 0.3) is 0 Å². The predicted octanol–water partition coefficient (Wildman–Crippen LogP) is 2.72. The Morgan fingerprint density at radius 2 is 2.25 bits per heavy atom.